The Morgan fingerprint density at radius 1 is 0.818 bits per heavy atom. The summed E-state index contributed by atoms with van der Waals surface area (Å²) in [5.41, 5.74) is 0. The summed E-state index contributed by atoms with van der Waals surface area (Å²) in [6.45, 7) is 4.38. The molecule has 0 rings (SSSR count). The van der Waals surface area contributed by atoms with Crippen molar-refractivity contribution in [1.29, 1.82) is 0 Å². The zero-order valence-electron chi connectivity index (χ0n) is 28.3. The van der Waals surface area contributed by atoms with Gasteiger partial charge in [-0.25, -0.2) is 0 Å². The minimum absolute atomic E-state index is 0.0128. The Hall–Kier alpha value is -1.80. The highest BCUT2D eigenvalue weighted by Gasteiger charge is 2.23. The van der Waals surface area contributed by atoms with Crippen LogP contribution in [-0.4, -0.2) is 68.5 Å². The van der Waals surface area contributed by atoms with E-state index in [4.69, 9.17) is 9.05 Å². The Bertz CT molecular complexity index is 907. The third-order valence-corrected chi connectivity index (χ3v) is 7.70. The third-order valence-electron chi connectivity index (χ3n) is 6.73. The Balaban J connectivity index is 4.63. The molecule has 254 valence electrons. The molecular formula is C35H63N2O6P. The number of rotatable bonds is 28. The van der Waals surface area contributed by atoms with Gasteiger partial charge in [-0.15, -0.1) is 0 Å². The molecule has 0 aliphatic carbocycles. The van der Waals surface area contributed by atoms with Gasteiger partial charge in [-0.05, 0) is 57.8 Å². The maximum Gasteiger partial charge on any atom is 0.268 e. The molecule has 0 aliphatic rings. The van der Waals surface area contributed by atoms with Crippen LogP contribution in [0.1, 0.15) is 104 Å². The highest BCUT2D eigenvalue weighted by atomic mass is 31.2. The largest absolute Gasteiger partial charge is 0.756 e. The fourth-order valence-electron chi connectivity index (χ4n) is 4.02. The number of phosphoric acid groups is 1. The fraction of sp³-hybridized carbons (Fsp3) is 0.686. The topological polar surface area (TPSA) is 108 Å². The van der Waals surface area contributed by atoms with Gasteiger partial charge in [0.2, 0.25) is 5.91 Å². The summed E-state index contributed by atoms with van der Waals surface area (Å²) in [4.78, 5) is 24.9. The number of allylic oxidation sites excluding steroid dienone is 9. The van der Waals surface area contributed by atoms with Gasteiger partial charge in [0.05, 0.1) is 39.9 Å². The summed E-state index contributed by atoms with van der Waals surface area (Å²) in [5, 5.41) is 13.5. The van der Waals surface area contributed by atoms with E-state index in [-0.39, 0.29) is 18.9 Å². The van der Waals surface area contributed by atoms with Crippen LogP contribution in [0.2, 0.25) is 0 Å². The molecule has 0 aromatic heterocycles. The van der Waals surface area contributed by atoms with Crippen molar-refractivity contribution >= 4 is 13.7 Å². The second-order valence-corrected chi connectivity index (χ2v) is 13.5. The maximum atomic E-state index is 12.7. The smallest absolute Gasteiger partial charge is 0.268 e. The van der Waals surface area contributed by atoms with Gasteiger partial charge in [-0.3, -0.25) is 9.36 Å². The van der Waals surface area contributed by atoms with Crippen LogP contribution in [0.4, 0.5) is 0 Å². The van der Waals surface area contributed by atoms with Gasteiger partial charge in [-0.1, -0.05) is 100 Å². The molecule has 0 heterocycles. The summed E-state index contributed by atoms with van der Waals surface area (Å²) < 4.78 is 22.9. The minimum Gasteiger partial charge on any atom is -0.756 e. The molecule has 44 heavy (non-hydrogen) atoms. The molecule has 9 heteroatoms. The van der Waals surface area contributed by atoms with Crippen molar-refractivity contribution in [3.05, 3.63) is 60.8 Å². The first-order chi connectivity index (χ1) is 21.0. The number of hydrogen-bond donors (Lipinski definition) is 2. The van der Waals surface area contributed by atoms with Crippen molar-refractivity contribution in [3.8, 4) is 0 Å². The number of hydrogen-bond acceptors (Lipinski definition) is 6. The molecule has 8 nitrogen and oxygen atoms in total. The van der Waals surface area contributed by atoms with Crippen molar-refractivity contribution in [3.63, 3.8) is 0 Å². The molecule has 0 radical (unpaired) electrons. The van der Waals surface area contributed by atoms with E-state index in [2.05, 4.69) is 67.8 Å². The van der Waals surface area contributed by atoms with E-state index in [9.17, 15) is 19.4 Å². The van der Waals surface area contributed by atoms with Crippen LogP contribution in [0.5, 0.6) is 0 Å². The van der Waals surface area contributed by atoms with Crippen molar-refractivity contribution < 1.29 is 32.9 Å². The van der Waals surface area contributed by atoms with Crippen molar-refractivity contribution in [2.45, 2.75) is 116 Å². The van der Waals surface area contributed by atoms with Crippen LogP contribution in [-0.2, 0) is 18.4 Å². The molecular weight excluding hydrogens is 575 g/mol. The summed E-state index contributed by atoms with van der Waals surface area (Å²) in [5.74, 6) is -0.248. The first-order valence-corrected chi connectivity index (χ1v) is 18.1. The monoisotopic (exact) mass is 638 g/mol. The Morgan fingerprint density at radius 3 is 2.00 bits per heavy atom. The zero-order valence-corrected chi connectivity index (χ0v) is 29.2. The standard InChI is InChI=1S/C35H63N2O6P/c1-6-8-10-12-14-15-16-17-18-19-20-21-23-25-27-29-35(39)36-33(34(38)28-26-24-22-13-11-9-7-2)32-43-44(40,41)42-31-30-37(3,4)5/h8,10,14-15,17-18,20-21,26,28,33-34,38H,6-7,9,11-13,16,19,22-25,27,29-32H2,1-5H3,(H-,36,39,40,41)/b10-8-,15-14-,18-17-,21-20-,28-26+. The molecule has 3 atom stereocenters. The summed E-state index contributed by atoms with van der Waals surface area (Å²) in [6.07, 6.45) is 32.8. The number of amides is 1. The number of carbonyl (C=O) groups is 1. The number of nitrogens with zero attached hydrogens (tertiary/aromatic N) is 1. The minimum atomic E-state index is -4.58. The fourth-order valence-corrected chi connectivity index (χ4v) is 4.74. The lowest BCUT2D eigenvalue weighted by molar-refractivity contribution is -0.870. The van der Waals surface area contributed by atoms with Crippen LogP contribution in [0.15, 0.2) is 60.8 Å². The second kappa shape index (κ2) is 27.5. The molecule has 1 amide bonds. The summed E-state index contributed by atoms with van der Waals surface area (Å²) in [7, 11) is 1.21. The predicted octanol–water partition coefficient (Wildman–Crippen LogP) is 7.32. The van der Waals surface area contributed by atoms with Crippen molar-refractivity contribution in [2.24, 2.45) is 0 Å². The highest BCUT2D eigenvalue weighted by Crippen LogP contribution is 2.38. The Labute approximate surface area is 269 Å². The lowest BCUT2D eigenvalue weighted by Gasteiger charge is -2.29. The molecule has 0 fully saturated rings. The van der Waals surface area contributed by atoms with E-state index in [1.165, 1.54) is 19.3 Å². The van der Waals surface area contributed by atoms with Gasteiger partial charge < -0.3 is 28.8 Å². The number of phosphoric ester groups is 1. The first-order valence-electron chi connectivity index (χ1n) is 16.7. The third kappa shape index (κ3) is 28.9. The molecule has 0 saturated carbocycles. The number of aliphatic hydroxyl groups excluding tert-OH is 1. The van der Waals surface area contributed by atoms with E-state index in [1.54, 1.807) is 6.08 Å². The predicted molar refractivity (Wildman–Crippen MR) is 182 cm³/mol. The zero-order chi connectivity index (χ0) is 32.9. The molecule has 3 unspecified atom stereocenters. The maximum absolute atomic E-state index is 12.7. The van der Waals surface area contributed by atoms with E-state index in [0.717, 1.165) is 57.8 Å². The first kappa shape index (κ1) is 42.2. The lowest BCUT2D eigenvalue weighted by atomic mass is 10.1. The lowest BCUT2D eigenvalue weighted by Crippen LogP contribution is -2.45. The van der Waals surface area contributed by atoms with Crippen LogP contribution < -0.4 is 10.2 Å². The quantitative estimate of drug-likeness (QED) is 0.0402. The van der Waals surface area contributed by atoms with Crippen LogP contribution in [0, 0.1) is 0 Å². The van der Waals surface area contributed by atoms with Gasteiger partial charge in [0.25, 0.3) is 7.82 Å². The number of unbranched alkanes of at least 4 members (excludes halogenated alkanes) is 7. The number of aliphatic hydroxyl groups is 1. The average molecular weight is 639 g/mol. The van der Waals surface area contributed by atoms with E-state index in [0.29, 0.717) is 17.4 Å². The van der Waals surface area contributed by atoms with Gasteiger partial charge >= 0.3 is 0 Å². The molecule has 0 saturated heterocycles. The molecule has 2 N–H and O–H groups in total. The van der Waals surface area contributed by atoms with E-state index < -0.39 is 26.6 Å². The number of likely N-dealkylation sites (N-methyl/N-ethyl adjacent to an activating group) is 1. The molecule has 0 bridgehead atoms. The number of carbonyl (C=O) groups excluding carboxylic acids is 1. The van der Waals surface area contributed by atoms with Gasteiger partial charge in [0, 0.05) is 6.42 Å². The van der Waals surface area contributed by atoms with Gasteiger partial charge in [0.15, 0.2) is 0 Å². The number of nitrogens with one attached hydrogen (secondary N) is 1. The Kier molecular flexibility index (Phi) is 26.4. The normalized spacial score (nSPS) is 15.7. The van der Waals surface area contributed by atoms with E-state index >= 15 is 0 Å². The van der Waals surface area contributed by atoms with Crippen LogP contribution in [0.3, 0.4) is 0 Å². The highest BCUT2D eigenvalue weighted by molar-refractivity contribution is 7.45. The van der Waals surface area contributed by atoms with Crippen molar-refractivity contribution in [1.82, 2.24) is 5.32 Å². The van der Waals surface area contributed by atoms with Gasteiger partial charge in [0.1, 0.15) is 13.2 Å². The molecule has 0 aromatic carbocycles. The molecule has 0 spiro atoms. The Morgan fingerprint density at radius 2 is 1.39 bits per heavy atom. The number of quaternary nitrogens is 1. The summed E-state index contributed by atoms with van der Waals surface area (Å²) >= 11 is 0. The van der Waals surface area contributed by atoms with Crippen LogP contribution in [0.25, 0.3) is 0 Å². The van der Waals surface area contributed by atoms with Gasteiger partial charge in [-0.2, -0.15) is 0 Å². The SMILES string of the molecule is CC/C=C\C/C=C\C/C=C\C/C=C\CCCCC(=O)NC(COP(=O)([O-])OCC[N+](C)(C)C)C(O)/C=C/CCCCCCC. The molecule has 0 aliphatic heterocycles. The van der Waals surface area contributed by atoms with E-state index in [1.807, 2.05) is 27.2 Å². The average Bonchev–Trinajstić information content (AvgIpc) is 2.95. The summed E-state index contributed by atoms with van der Waals surface area (Å²) in [6, 6.07) is -0.905. The van der Waals surface area contributed by atoms with Crippen molar-refractivity contribution in [2.75, 3.05) is 40.9 Å². The van der Waals surface area contributed by atoms with Crippen LogP contribution >= 0.6 is 7.82 Å². The second-order valence-electron chi connectivity index (χ2n) is 12.1. The molecule has 0 aromatic rings.